The van der Waals surface area contributed by atoms with E-state index in [4.69, 9.17) is 5.73 Å². The molecule has 0 unspecified atom stereocenters. The number of anilines is 3. The van der Waals surface area contributed by atoms with Crippen molar-refractivity contribution in [3.05, 3.63) is 28.8 Å². The zero-order valence-corrected chi connectivity index (χ0v) is 11.8. The SMILES string of the molecule is Cc1ccc(NC(=O)c2nnc(N)s2)cc1N(C)C. The first-order chi connectivity index (χ1) is 8.97. The van der Waals surface area contributed by atoms with Crippen molar-refractivity contribution >= 4 is 33.8 Å². The van der Waals surface area contributed by atoms with E-state index in [1.807, 2.05) is 44.1 Å². The van der Waals surface area contributed by atoms with E-state index in [0.29, 0.717) is 5.69 Å². The molecule has 1 aromatic heterocycles. The van der Waals surface area contributed by atoms with Gasteiger partial charge in [-0.05, 0) is 24.6 Å². The summed E-state index contributed by atoms with van der Waals surface area (Å²) in [7, 11) is 3.92. The maximum atomic E-state index is 11.9. The van der Waals surface area contributed by atoms with E-state index in [-0.39, 0.29) is 16.0 Å². The van der Waals surface area contributed by atoms with Crippen LogP contribution in [0.4, 0.5) is 16.5 Å². The molecule has 0 aliphatic heterocycles. The van der Waals surface area contributed by atoms with E-state index in [1.165, 1.54) is 0 Å². The summed E-state index contributed by atoms with van der Waals surface area (Å²) < 4.78 is 0. The average molecular weight is 277 g/mol. The van der Waals surface area contributed by atoms with E-state index in [1.54, 1.807) is 0 Å². The minimum absolute atomic E-state index is 0.254. The van der Waals surface area contributed by atoms with Crippen molar-refractivity contribution in [3.8, 4) is 0 Å². The summed E-state index contributed by atoms with van der Waals surface area (Å²) in [5, 5.41) is 10.6. The second-order valence-corrected chi connectivity index (χ2v) is 5.30. The fourth-order valence-electron chi connectivity index (χ4n) is 1.68. The second-order valence-electron chi connectivity index (χ2n) is 4.30. The Labute approximate surface area is 115 Å². The maximum absolute atomic E-state index is 11.9. The molecule has 1 heterocycles. The van der Waals surface area contributed by atoms with Gasteiger partial charge in [-0.3, -0.25) is 4.79 Å². The molecule has 0 spiro atoms. The number of carbonyl (C=O) groups excluding carboxylic acids is 1. The van der Waals surface area contributed by atoms with Crippen LogP contribution in [0.3, 0.4) is 0 Å². The number of hydrogen-bond acceptors (Lipinski definition) is 6. The highest BCUT2D eigenvalue weighted by Gasteiger charge is 2.12. The van der Waals surface area contributed by atoms with E-state index in [9.17, 15) is 4.79 Å². The van der Waals surface area contributed by atoms with Crippen LogP contribution in [0.1, 0.15) is 15.4 Å². The van der Waals surface area contributed by atoms with Gasteiger partial charge in [0.05, 0.1) is 0 Å². The van der Waals surface area contributed by atoms with E-state index >= 15 is 0 Å². The van der Waals surface area contributed by atoms with Gasteiger partial charge in [-0.25, -0.2) is 0 Å². The number of rotatable bonds is 3. The average Bonchev–Trinajstić information content (AvgIpc) is 2.78. The van der Waals surface area contributed by atoms with Crippen LogP contribution in [-0.2, 0) is 0 Å². The normalized spacial score (nSPS) is 10.3. The lowest BCUT2D eigenvalue weighted by atomic mass is 10.1. The monoisotopic (exact) mass is 277 g/mol. The molecule has 100 valence electrons. The topological polar surface area (TPSA) is 84.1 Å². The third-order valence-electron chi connectivity index (χ3n) is 2.58. The summed E-state index contributed by atoms with van der Waals surface area (Å²) in [6, 6.07) is 5.72. The third-order valence-corrected chi connectivity index (χ3v) is 3.33. The van der Waals surface area contributed by atoms with Gasteiger partial charge in [0.25, 0.3) is 5.91 Å². The predicted octanol–water partition coefficient (Wildman–Crippen LogP) is 1.75. The number of benzene rings is 1. The Morgan fingerprint density at radius 3 is 2.68 bits per heavy atom. The molecule has 0 fully saturated rings. The molecular weight excluding hydrogens is 262 g/mol. The summed E-state index contributed by atoms with van der Waals surface area (Å²) in [5.74, 6) is -0.303. The minimum Gasteiger partial charge on any atom is -0.377 e. The largest absolute Gasteiger partial charge is 0.377 e. The molecule has 0 aliphatic rings. The quantitative estimate of drug-likeness (QED) is 0.893. The molecule has 6 nitrogen and oxygen atoms in total. The molecule has 3 N–H and O–H groups in total. The molecule has 19 heavy (non-hydrogen) atoms. The zero-order valence-electron chi connectivity index (χ0n) is 11.0. The molecule has 0 bridgehead atoms. The summed E-state index contributed by atoms with van der Waals surface area (Å²) in [6.07, 6.45) is 0. The van der Waals surface area contributed by atoms with Gasteiger partial charge in [0, 0.05) is 25.5 Å². The first kappa shape index (κ1) is 13.3. The summed E-state index contributed by atoms with van der Waals surface area (Å²) in [6.45, 7) is 2.02. The van der Waals surface area contributed by atoms with Gasteiger partial charge in [0.2, 0.25) is 10.1 Å². The molecule has 7 heteroatoms. The zero-order chi connectivity index (χ0) is 14.0. The number of nitrogens with two attached hydrogens (primary N) is 1. The van der Waals surface area contributed by atoms with Crippen LogP contribution in [0.25, 0.3) is 0 Å². The van der Waals surface area contributed by atoms with E-state index in [2.05, 4.69) is 15.5 Å². The maximum Gasteiger partial charge on any atom is 0.286 e. The molecule has 0 saturated heterocycles. The van der Waals surface area contributed by atoms with Gasteiger partial charge in [-0.15, -0.1) is 10.2 Å². The number of nitrogens with zero attached hydrogens (tertiary/aromatic N) is 3. The van der Waals surface area contributed by atoms with Crippen LogP contribution in [0.5, 0.6) is 0 Å². The smallest absolute Gasteiger partial charge is 0.286 e. The van der Waals surface area contributed by atoms with Crippen LogP contribution in [0.2, 0.25) is 0 Å². The highest BCUT2D eigenvalue weighted by atomic mass is 32.1. The van der Waals surface area contributed by atoms with Gasteiger partial charge in [0.15, 0.2) is 0 Å². The summed E-state index contributed by atoms with van der Waals surface area (Å²) in [4.78, 5) is 13.9. The highest BCUT2D eigenvalue weighted by Crippen LogP contribution is 2.23. The first-order valence-electron chi connectivity index (χ1n) is 5.65. The number of aryl methyl sites for hydroxylation is 1. The van der Waals surface area contributed by atoms with Crippen molar-refractivity contribution in [2.24, 2.45) is 0 Å². The Hall–Kier alpha value is -2.15. The molecule has 0 atom stereocenters. The van der Waals surface area contributed by atoms with Crippen LogP contribution in [0.15, 0.2) is 18.2 Å². The van der Waals surface area contributed by atoms with Gasteiger partial charge < -0.3 is 16.0 Å². The van der Waals surface area contributed by atoms with Crippen LogP contribution in [0, 0.1) is 6.92 Å². The van der Waals surface area contributed by atoms with Gasteiger partial charge in [0.1, 0.15) is 0 Å². The van der Waals surface area contributed by atoms with Crippen molar-refractivity contribution in [1.82, 2.24) is 10.2 Å². The molecule has 0 saturated carbocycles. The van der Waals surface area contributed by atoms with E-state index in [0.717, 1.165) is 22.6 Å². The molecule has 0 aliphatic carbocycles. The summed E-state index contributed by atoms with van der Waals surface area (Å²) in [5.41, 5.74) is 8.36. The molecule has 0 radical (unpaired) electrons. The van der Waals surface area contributed by atoms with Crippen LogP contribution >= 0.6 is 11.3 Å². The minimum atomic E-state index is -0.303. The Kier molecular flexibility index (Phi) is 3.66. The molecule has 1 amide bonds. The standard InChI is InChI=1S/C12H15N5OS/c1-7-4-5-8(6-9(7)17(2)3)14-10(18)11-15-16-12(13)19-11/h4-6H,1-3H3,(H2,13,16)(H,14,18). The summed E-state index contributed by atoms with van der Waals surface area (Å²) >= 11 is 1.06. The number of aromatic nitrogens is 2. The van der Waals surface area contributed by atoms with Crippen LogP contribution in [-0.4, -0.2) is 30.2 Å². The number of nitrogen functional groups attached to an aromatic ring is 1. The first-order valence-corrected chi connectivity index (χ1v) is 6.47. The number of hydrogen-bond donors (Lipinski definition) is 2. The Morgan fingerprint density at radius 2 is 2.11 bits per heavy atom. The molecule has 2 rings (SSSR count). The Balaban J connectivity index is 2.20. The fourth-order valence-corrected chi connectivity index (χ4v) is 2.18. The van der Waals surface area contributed by atoms with Gasteiger partial charge in [-0.2, -0.15) is 0 Å². The lowest BCUT2D eigenvalue weighted by molar-refractivity contribution is 0.102. The lowest BCUT2D eigenvalue weighted by Crippen LogP contribution is -2.14. The van der Waals surface area contributed by atoms with Crippen molar-refractivity contribution < 1.29 is 4.79 Å². The molecule has 1 aromatic carbocycles. The third kappa shape index (κ3) is 3.00. The second kappa shape index (κ2) is 5.23. The fraction of sp³-hybridized carbons (Fsp3) is 0.250. The van der Waals surface area contributed by atoms with E-state index < -0.39 is 0 Å². The Morgan fingerprint density at radius 1 is 1.37 bits per heavy atom. The number of amides is 1. The Bertz CT molecular complexity index is 608. The lowest BCUT2D eigenvalue weighted by Gasteiger charge is -2.16. The highest BCUT2D eigenvalue weighted by molar-refractivity contribution is 7.16. The van der Waals surface area contributed by atoms with Crippen LogP contribution < -0.4 is 16.0 Å². The van der Waals surface area contributed by atoms with Gasteiger partial charge >= 0.3 is 0 Å². The van der Waals surface area contributed by atoms with Crippen molar-refractivity contribution in [2.75, 3.05) is 30.0 Å². The van der Waals surface area contributed by atoms with Gasteiger partial charge in [-0.1, -0.05) is 17.4 Å². The molecule has 2 aromatic rings. The van der Waals surface area contributed by atoms with Crippen molar-refractivity contribution in [2.45, 2.75) is 6.92 Å². The molecular formula is C12H15N5OS. The van der Waals surface area contributed by atoms with Crippen molar-refractivity contribution in [1.29, 1.82) is 0 Å². The van der Waals surface area contributed by atoms with Crippen molar-refractivity contribution in [3.63, 3.8) is 0 Å². The number of nitrogens with one attached hydrogen (secondary N) is 1. The number of carbonyl (C=O) groups is 1. The predicted molar refractivity (Wildman–Crippen MR) is 77.8 cm³/mol.